The maximum absolute atomic E-state index is 5.51. The molecule has 4 rings (SSSR count). The topological polar surface area (TPSA) is 12.5 Å². The first-order chi connectivity index (χ1) is 14.5. The summed E-state index contributed by atoms with van der Waals surface area (Å²) in [5, 5.41) is 0. The lowest BCUT2D eigenvalue weighted by Gasteiger charge is -2.44. The summed E-state index contributed by atoms with van der Waals surface area (Å²) < 4.78 is 6.62. The highest BCUT2D eigenvalue weighted by atomic mass is 79.9. The molecule has 0 aromatic heterocycles. The van der Waals surface area contributed by atoms with E-state index in [1.54, 1.807) is 7.11 Å². The van der Waals surface area contributed by atoms with Gasteiger partial charge in [-0.05, 0) is 84.3 Å². The second-order valence-corrected chi connectivity index (χ2v) is 9.24. The van der Waals surface area contributed by atoms with Gasteiger partial charge in [0.15, 0.2) is 0 Å². The Morgan fingerprint density at radius 1 is 1.03 bits per heavy atom. The summed E-state index contributed by atoms with van der Waals surface area (Å²) in [4.78, 5) is 2.58. The van der Waals surface area contributed by atoms with Crippen LogP contribution in [0.15, 0.2) is 71.2 Å². The Bertz CT molecular complexity index is 996. The summed E-state index contributed by atoms with van der Waals surface area (Å²) in [6.45, 7) is 6.87. The van der Waals surface area contributed by atoms with E-state index in [1.165, 1.54) is 27.9 Å². The quantitative estimate of drug-likeness (QED) is 0.381. The molecule has 0 amide bonds. The van der Waals surface area contributed by atoms with Crippen LogP contribution in [0.25, 0.3) is 0 Å². The average molecular weight is 464 g/mol. The molecule has 1 heterocycles. The highest BCUT2D eigenvalue weighted by molar-refractivity contribution is 9.10. The summed E-state index contributed by atoms with van der Waals surface area (Å²) in [5.74, 6) is 1.52. The zero-order chi connectivity index (χ0) is 21.3. The molecule has 3 aromatic carbocycles. The fourth-order valence-electron chi connectivity index (χ4n) is 4.60. The van der Waals surface area contributed by atoms with Gasteiger partial charge < -0.3 is 9.64 Å². The van der Waals surface area contributed by atoms with Crippen LogP contribution >= 0.6 is 15.9 Å². The molecule has 156 valence electrons. The molecule has 0 fully saturated rings. The molecule has 0 aliphatic carbocycles. The summed E-state index contributed by atoms with van der Waals surface area (Å²) in [5.41, 5.74) is 6.79. The van der Waals surface area contributed by atoms with Gasteiger partial charge in [0.2, 0.25) is 0 Å². The first-order valence-corrected chi connectivity index (χ1v) is 11.6. The minimum absolute atomic E-state index is 0.280. The SMILES string of the molecule is CCC(C)c1ccc(N2C(C)c3ccc(OC)cc3CC2c2ccc(Br)cc2)cc1. The standard InChI is InChI=1S/C27H30BrNO/c1-5-18(2)20-8-12-24(13-9-20)29-19(3)26-15-14-25(30-4)16-22(26)17-27(29)21-6-10-23(28)11-7-21/h6-16,18-19,27H,5,17H2,1-4H3. The molecule has 30 heavy (non-hydrogen) atoms. The lowest BCUT2D eigenvalue weighted by molar-refractivity contribution is 0.412. The second kappa shape index (κ2) is 8.85. The van der Waals surface area contributed by atoms with Gasteiger partial charge in [-0.15, -0.1) is 0 Å². The third-order valence-corrected chi connectivity index (χ3v) is 7.12. The maximum atomic E-state index is 5.51. The largest absolute Gasteiger partial charge is 0.497 e. The molecule has 1 aliphatic heterocycles. The van der Waals surface area contributed by atoms with E-state index in [4.69, 9.17) is 4.74 Å². The normalized spacial score (nSPS) is 19.3. The number of fused-ring (bicyclic) bond motifs is 1. The van der Waals surface area contributed by atoms with E-state index >= 15 is 0 Å². The number of methoxy groups -OCH3 is 1. The van der Waals surface area contributed by atoms with Crippen LogP contribution in [-0.2, 0) is 6.42 Å². The molecule has 0 radical (unpaired) electrons. The van der Waals surface area contributed by atoms with Gasteiger partial charge in [0.25, 0.3) is 0 Å². The Morgan fingerprint density at radius 2 is 1.73 bits per heavy atom. The van der Waals surface area contributed by atoms with E-state index in [-0.39, 0.29) is 12.1 Å². The van der Waals surface area contributed by atoms with Crippen molar-refractivity contribution in [3.8, 4) is 5.75 Å². The average Bonchev–Trinajstić information content (AvgIpc) is 2.78. The predicted molar refractivity (Wildman–Crippen MR) is 130 cm³/mol. The van der Waals surface area contributed by atoms with Gasteiger partial charge in [0.05, 0.1) is 19.2 Å². The predicted octanol–water partition coefficient (Wildman–Crippen LogP) is 7.84. The van der Waals surface area contributed by atoms with Gasteiger partial charge in [-0.1, -0.05) is 60.1 Å². The molecule has 3 aromatic rings. The second-order valence-electron chi connectivity index (χ2n) is 8.32. The highest BCUT2D eigenvalue weighted by Crippen LogP contribution is 2.44. The summed E-state index contributed by atoms with van der Waals surface area (Å²) in [6.07, 6.45) is 2.13. The van der Waals surface area contributed by atoms with E-state index in [1.807, 2.05) is 0 Å². The van der Waals surface area contributed by atoms with Gasteiger partial charge in [0.1, 0.15) is 5.75 Å². The molecular weight excluding hydrogens is 434 g/mol. The minimum Gasteiger partial charge on any atom is -0.497 e. The number of benzene rings is 3. The van der Waals surface area contributed by atoms with Gasteiger partial charge in [-0.2, -0.15) is 0 Å². The number of ether oxygens (including phenoxy) is 1. The number of rotatable bonds is 5. The molecule has 0 N–H and O–H groups in total. The van der Waals surface area contributed by atoms with Crippen LogP contribution in [0, 0.1) is 0 Å². The van der Waals surface area contributed by atoms with E-state index in [2.05, 4.69) is 108 Å². The monoisotopic (exact) mass is 463 g/mol. The maximum Gasteiger partial charge on any atom is 0.119 e. The number of hydrogen-bond acceptors (Lipinski definition) is 2. The Balaban J connectivity index is 1.78. The van der Waals surface area contributed by atoms with Crippen molar-refractivity contribution in [2.75, 3.05) is 12.0 Å². The van der Waals surface area contributed by atoms with E-state index in [9.17, 15) is 0 Å². The van der Waals surface area contributed by atoms with Crippen molar-refractivity contribution in [3.63, 3.8) is 0 Å². The number of nitrogens with zero attached hydrogens (tertiary/aromatic N) is 1. The molecule has 0 saturated carbocycles. The third-order valence-electron chi connectivity index (χ3n) is 6.59. The lowest BCUT2D eigenvalue weighted by atomic mass is 9.85. The Kier molecular flexibility index (Phi) is 6.19. The van der Waals surface area contributed by atoms with Crippen LogP contribution in [0.4, 0.5) is 5.69 Å². The highest BCUT2D eigenvalue weighted by Gasteiger charge is 2.33. The zero-order valence-electron chi connectivity index (χ0n) is 18.2. The van der Waals surface area contributed by atoms with Gasteiger partial charge in [-0.25, -0.2) is 0 Å². The first-order valence-electron chi connectivity index (χ1n) is 10.8. The molecule has 3 atom stereocenters. The van der Waals surface area contributed by atoms with E-state index in [0.29, 0.717) is 5.92 Å². The number of halogens is 1. The summed E-state index contributed by atoms with van der Waals surface area (Å²) in [7, 11) is 1.74. The first kappa shape index (κ1) is 21.0. The zero-order valence-corrected chi connectivity index (χ0v) is 19.8. The van der Waals surface area contributed by atoms with Crippen molar-refractivity contribution >= 4 is 21.6 Å². The molecule has 0 saturated heterocycles. The van der Waals surface area contributed by atoms with Crippen LogP contribution in [0.2, 0.25) is 0 Å². The van der Waals surface area contributed by atoms with Crippen LogP contribution in [0.1, 0.15) is 67.4 Å². The Labute approximate surface area is 189 Å². The molecule has 0 spiro atoms. The van der Waals surface area contributed by atoms with Crippen LogP contribution in [0.3, 0.4) is 0 Å². The van der Waals surface area contributed by atoms with E-state index < -0.39 is 0 Å². The van der Waals surface area contributed by atoms with Crippen LogP contribution in [0.5, 0.6) is 5.75 Å². The van der Waals surface area contributed by atoms with Crippen molar-refractivity contribution in [2.45, 2.75) is 51.6 Å². The third kappa shape index (κ3) is 4.00. The fraction of sp³-hybridized carbons (Fsp3) is 0.333. The molecular formula is C27H30BrNO. The summed E-state index contributed by atoms with van der Waals surface area (Å²) in [6, 6.07) is 25.1. The number of hydrogen-bond donors (Lipinski definition) is 0. The van der Waals surface area contributed by atoms with Crippen molar-refractivity contribution < 1.29 is 4.74 Å². The van der Waals surface area contributed by atoms with Gasteiger partial charge in [-0.3, -0.25) is 0 Å². The van der Waals surface area contributed by atoms with Crippen molar-refractivity contribution in [1.29, 1.82) is 0 Å². The van der Waals surface area contributed by atoms with Gasteiger partial charge >= 0.3 is 0 Å². The van der Waals surface area contributed by atoms with Crippen LogP contribution < -0.4 is 9.64 Å². The fourth-order valence-corrected chi connectivity index (χ4v) is 4.86. The van der Waals surface area contributed by atoms with Crippen molar-refractivity contribution in [2.24, 2.45) is 0 Å². The van der Waals surface area contributed by atoms with Crippen molar-refractivity contribution in [1.82, 2.24) is 0 Å². The molecule has 3 heteroatoms. The molecule has 2 nitrogen and oxygen atoms in total. The molecule has 0 bridgehead atoms. The number of anilines is 1. The Morgan fingerprint density at radius 3 is 2.37 bits per heavy atom. The minimum atomic E-state index is 0.280. The van der Waals surface area contributed by atoms with Gasteiger partial charge in [0, 0.05) is 10.2 Å². The molecule has 3 unspecified atom stereocenters. The molecule has 1 aliphatic rings. The van der Waals surface area contributed by atoms with E-state index in [0.717, 1.165) is 23.1 Å². The van der Waals surface area contributed by atoms with Crippen molar-refractivity contribution in [3.05, 3.63) is 93.5 Å². The lowest BCUT2D eigenvalue weighted by Crippen LogP contribution is -2.37. The smallest absolute Gasteiger partial charge is 0.119 e. The Hall–Kier alpha value is -2.26. The van der Waals surface area contributed by atoms with Crippen LogP contribution in [-0.4, -0.2) is 7.11 Å². The summed E-state index contributed by atoms with van der Waals surface area (Å²) >= 11 is 3.58.